The summed E-state index contributed by atoms with van der Waals surface area (Å²) < 4.78 is 0. The number of nitrogens with one attached hydrogen (secondary N) is 2. The van der Waals surface area contributed by atoms with Gasteiger partial charge in [0.05, 0.1) is 11.4 Å². The average Bonchev–Trinajstić information content (AvgIpc) is 2.95. The lowest BCUT2D eigenvalue weighted by Gasteiger charge is -2.25. The van der Waals surface area contributed by atoms with Crippen LogP contribution in [0, 0.1) is 5.92 Å². The number of amides is 1. The van der Waals surface area contributed by atoms with Crippen molar-refractivity contribution in [1.29, 1.82) is 0 Å². The molecular formula is C19H29N3O. The van der Waals surface area contributed by atoms with E-state index >= 15 is 0 Å². The first-order valence-corrected chi connectivity index (χ1v) is 9.17. The molecule has 0 aromatic heterocycles. The second-order valence-corrected chi connectivity index (χ2v) is 6.86. The van der Waals surface area contributed by atoms with Crippen molar-refractivity contribution in [2.24, 2.45) is 5.92 Å². The lowest BCUT2D eigenvalue weighted by atomic mass is 10.0. The first kappa shape index (κ1) is 16.3. The Labute approximate surface area is 139 Å². The normalized spacial score (nSPS) is 21.9. The highest BCUT2D eigenvalue weighted by atomic mass is 16.1. The van der Waals surface area contributed by atoms with Gasteiger partial charge in [-0.2, -0.15) is 0 Å². The number of hydrogen-bond acceptors (Lipinski definition) is 3. The Hall–Kier alpha value is -1.55. The molecule has 0 radical (unpaired) electrons. The molecule has 3 rings (SSSR count). The van der Waals surface area contributed by atoms with Gasteiger partial charge in [-0.25, -0.2) is 0 Å². The Morgan fingerprint density at radius 3 is 2.70 bits per heavy atom. The third kappa shape index (κ3) is 4.71. The third-order valence-corrected chi connectivity index (χ3v) is 5.07. The molecule has 2 N–H and O–H groups in total. The fraction of sp³-hybridized carbons (Fsp3) is 0.632. The van der Waals surface area contributed by atoms with Gasteiger partial charge in [0.15, 0.2) is 0 Å². The smallest absolute Gasteiger partial charge is 0.224 e. The maximum atomic E-state index is 12.3. The van der Waals surface area contributed by atoms with Crippen molar-refractivity contribution in [3.8, 4) is 0 Å². The second kappa shape index (κ2) is 8.34. The summed E-state index contributed by atoms with van der Waals surface area (Å²) in [5.41, 5.74) is 2.16. The topological polar surface area (TPSA) is 44.4 Å². The highest BCUT2D eigenvalue weighted by Crippen LogP contribution is 2.28. The molecular weight excluding hydrogens is 286 g/mol. The number of rotatable bonds is 5. The molecule has 0 bridgehead atoms. The number of benzene rings is 1. The molecule has 0 saturated carbocycles. The minimum atomic E-state index is 0.152. The van der Waals surface area contributed by atoms with Crippen molar-refractivity contribution in [1.82, 2.24) is 5.32 Å². The van der Waals surface area contributed by atoms with Crippen molar-refractivity contribution in [2.45, 2.75) is 44.9 Å². The van der Waals surface area contributed by atoms with Crippen molar-refractivity contribution in [3.05, 3.63) is 24.3 Å². The number of carbonyl (C=O) groups is 1. The van der Waals surface area contributed by atoms with Crippen LogP contribution in [-0.4, -0.2) is 32.1 Å². The molecule has 2 heterocycles. The zero-order valence-corrected chi connectivity index (χ0v) is 14.0. The van der Waals surface area contributed by atoms with Gasteiger partial charge in [0.1, 0.15) is 0 Å². The predicted octanol–water partition coefficient (Wildman–Crippen LogP) is 3.40. The van der Waals surface area contributed by atoms with E-state index in [-0.39, 0.29) is 5.91 Å². The van der Waals surface area contributed by atoms with Gasteiger partial charge in [-0.05, 0) is 56.8 Å². The van der Waals surface area contributed by atoms with Crippen LogP contribution < -0.4 is 15.5 Å². The summed E-state index contributed by atoms with van der Waals surface area (Å²) in [5.74, 6) is 0.820. The third-order valence-electron chi connectivity index (χ3n) is 5.07. The maximum Gasteiger partial charge on any atom is 0.224 e. The molecule has 1 aromatic carbocycles. The standard InChI is InChI=1S/C19H29N3O/c23-19(10-9-16-11-12-20-15-16)21-17-7-3-4-8-18(17)22-13-5-1-2-6-14-22/h3-4,7-8,16,20H,1-2,5-6,9-15H2,(H,21,23). The zero-order chi connectivity index (χ0) is 15.9. The van der Waals surface area contributed by atoms with Crippen molar-refractivity contribution < 1.29 is 4.79 Å². The Morgan fingerprint density at radius 1 is 1.17 bits per heavy atom. The van der Waals surface area contributed by atoms with E-state index in [1.165, 1.54) is 37.8 Å². The largest absolute Gasteiger partial charge is 0.370 e. The molecule has 1 aromatic rings. The molecule has 2 aliphatic heterocycles. The number of nitrogens with zero attached hydrogens (tertiary/aromatic N) is 1. The summed E-state index contributed by atoms with van der Waals surface area (Å²) in [6.45, 7) is 4.36. The summed E-state index contributed by atoms with van der Waals surface area (Å²) in [4.78, 5) is 14.8. The van der Waals surface area contributed by atoms with Crippen LogP contribution in [0.5, 0.6) is 0 Å². The van der Waals surface area contributed by atoms with Gasteiger partial charge < -0.3 is 15.5 Å². The number of carbonyl (C=O) groups excluding carboxylic acids is 1. The Bertz CT molecular complexity index is 503. The van der Waals surface area contributed by atoms with Gasteiger partial charge in [0, 0.05) is 19.5 Å². The van der Waals surface area contributed by atoms with E-state index in [1.807, 2.05) is 12.1 Å². The first-order valence-electron chi connectivity index (χ1n) is 9.17. The lowest BCUT2D eigenvalue weighted by Crippen LogP contribution is -2.25. The Balaban J connectivity index is 1.59. The van der Waals surface area contributed by atoms with E-state index in [2.05, 4.69) is 27.7 Å². The summed E-state index contributed by atoms with van der Waals surface area (Å²) in [6.07, 6.45) is 7.96. The first-order chi connectivity index (χ1) is 11.3. The zero-order valence-electron chi connectivity index (χ0n) is 14.0. The fourth-order valence-electron chi connectivity index (χ4n) is 3.68. The van der Waals surface area contributed by atoms with E-state index in [9.17, 15) is 4.79 Å². The molecule has 126 valence electrons. The minimum Gasteiger partial charge on any atom is -0.370 e. The van der Waals surface area contributed by atoms with Gasteiger partial charge in [-0.3, -0.25) is 4.79 Å². The van der Waals surface area contributed by atoms with Crippen LogP contribution in [0.4, 0.5) is 11.4 Å². The average molecular weight is 315 g/mol. The van der Waals surface area contributed by atoms with Crippen LogP contribution in [0.2, 0.25) is 0 Å². The van der Waals surface area contributed by atoms with Crippen LogP contribution in [0.1, 0.15) is 44.9 Å². The molecule has 2 fully saturated rings. The summed E-state index contributed by atoms with van der Waals surface area (Å²) >= 11 is 0. The lowest BCUT2D eigenvalue weighted by molar-refractivity contribution is -0.116. The summed E-state index contributed by atoms with van der Waals surface area (Å²) in [6, 6.07) is 8.26. The van der Waals surface area contributed by atoms with Crippen LogP contribution in [0.25, 0.3) is 0 Å². The van der Waals surface area contributed by atoms with Crippen LogP contribution in [0.3, 0.4) is 0 Å². The molecule has 1 atom stereocenters. The minimum absolute atomic E-state index is 0.152. The van der Waals surface area contributed by atoms with Gasteiger partial charge in [-0.15, -0.1) is 0 Å². The highest BCUT2D eigenvalue weighted by molar-refractivity contribution is 5.94. The molecule has 1 unspecified atom stereocenters. The van der Waals surface area contributed by atoms with E-state index in [4.69, 9.17) is 0 Å². The fourth-order valence-corrected chi connectivity index (χ4v) is 3.68. The van der Waals surface area contributed by atoms with Crippen LogP contribution in [-0.2, 0) is 4.79 Å². The van der Waals surface area contributed by atoms with Gasteiger partial charge >= 0.3 is 0 Å². The van der Waals surface area contributed by atoms with Gasteiger partial charge in [0.2, 0.25) is 5.91 Å². The molecule has 2 saturated heterocycles. The quantitative estimate of drug-likeness (QED) is 0.875. The number of para-hydroxylation sites is 2. The van der Waals surface area contributed by atoms with E-state index in [0.29, 0.717) is 12.3 Å². The monoisotopic (exact) mass is 315 g/mol. The van der Waals surface area contributed by atoms with Crippen molar-refractivity contribution >= 4 is 17.3 Å². The summed E-state index contributed by atoms with van der Waals surface area (Å²) in [5, 5.41) is 6.52. The van der Waals surface area contributed by atoms with Gasteiger partial charge in [0.25, 0.3) is 0 Å². The molecule has 2 aliphatic rings. The van der Waals surface area contributed by atoms with Crippen LogP contribution >= 0.6 is 0 Å². The number of anilines is 2. The maximum absolute atomic E-state index is 12.3. The van der Waals surface area contributed by atoms with Gasteiger partial charge in [-0.1, -0.05) is 25.0 Å². The molecule has 0 spiro atoms. The van der Waals surface area contributed by atoms with Crippen molar-refractivity contribution in [3.63, 3.8) is 0 Å². The molecule has 0 aliphatic carbocycles. The summed E-state index contributed by atoms with van der Waals surface area (Å²) in [7, 11) is 0. The predicted molar refractivity (Wildman–Crippen MR) is 96.0 cm³/mol. The second-order valence-electron chi connectivity index (χ2n) is 6.86. The van der Waals surface area contributed by atoms with Crippen molar-refractivity contribution in [2.75, 3.05) is 36.4 Å². The van der Waals surface area contributed by atoms with Crippen LogP contribution in [0.15, 0.2) is 24.3 Å². The molecule has 1 amide bonds. The molecule has 4 heteroatoms. The Kier molecular flexibility index (Phi) is 5.92. The SMILES string of the molecule is O=C(CCC1CCNC1)Nc1ccccc1N1CCCCCC1. The number of hydrogen-bond donors (Lipinski definition) is 2. The highest BCUT2D eigenvalue weighted by Gasteiger charge is 2.17. The molecule has 23 heavy (non-hydrogen) atoms. The van der Waals surface area contributed by atoms with E-state index in [1.54, 1.807) is 0 Å². The Morgan fingerprint density at radius 2 is 1.96 bits per heavy atom. The molecule has 4 nitrogen and oxygen atoms in total. The van der Waals surface area contributed by atoms with E-state index in [0.717, 1.165) is 38.3 Å². The van der Waals surface area contributed by atoms with E-state index < -0.39 is 0 Å².